The molecule has 0 spiro atoms. The fourth-order valence-electron chi connectivity index (χ4n) is 3.01. The number of fused-ring (bicyclic) bond motifs is 1. The molecule has 1 aliphatic rings. The first kappa shape index (κ1) is 19.9. The van der Waals surface area contributed by atoms with E-state index >= 15 is 0 Å². The molecule has 1 amide bonds. The zero-order valence-electron chi connectivity index (χ0n) is 13.8. The van der Waals surface area contributed by atoms with Crippen molar-refractivity contribution >= 4 is 35.4 Å². The summed E-state index contributed by atoms with van der Waals surface area (Å²) < 4.78 is 37.7. The number of nitrogen functional groups attached to an aromatic ring is 1. The second-order valence-electron chi connectivity index (χ2n) is 5.99. The largest absolute Gasteiger partial charge is 0.416 e. The normalized spacial score (nSPS) is 13.6. The molecule has 3 rings (SSSR count). The summed E-state index contributed by atoms with van der Waals surface area (Å²) in [7, 11) is 0. The van der Waals surface area contributed by atoms with Crippen LogP contribution in [0, 0.1) is 0 Å². The first-order valence-corrected chi connectivity index (χ1v) is 7.94. The number of hydrogen-bond acceptors (Lipinski definition) is 3. The van der Waals surface area contributed by atoms with E-state index in [9.17, 15) is 18.0 Å². The number of halogens is 4. The van der Waals surface area contributed by atoms with Gasteiger partial charge in [-0.1, -0.05) is 6.07 Å². The number of anilines is 3. The third-order valence-electron chi connectivity index (χ3n) is 4.21. The molecule has 0 saturated carbocycles. The highest BCUT2D eigenvalue weighted by Gasteiger charge is 2.30. The van der Waals surface area contributed by atoms with E-state index in [-0.39, 0.29) is 24.9 Å². The quantitative estimate of drug-likeness (QED) is 0.782. The molecule has 8 heteroatoms. The van der Waals surface area contributed by atoms with Crippen molar-refractivity contribution in [3.8, 4) is 0 Å². The van der Waals surface area contributed by atoms with E-state index < -0.39 is 11.7 Å². The van der Waals surface area contributed by atoms with Crippen LogP contribution < -0.4 is 16.0 Å². The minimum absolute atomic E-state index is 0. The molecule has 0 aliphatic carbocycles. The molecule has 2 aromatic rings. The number of carbonyl (C=O) groups excluding carboxylic acids is 1. The highest BCUT2D eigenvalue weighted by Crippen LogP contribution is 2.31. The molecule has 1 aliphatic heterocycles. The summed E-state index contributed by atoms with van der Waals surface area (Å²) in [6.45, 7) is 0.856. The van der Waals surface area contributed by atoms with Crippen molar-refractivity contribution in [3.05, 3.63) is 53.6 Å². The molecule has 0 radical (unpaired) electrons. The molecule has 4 nitrogen and oxygen atoms in total. The molecule has 26 heavy (non-hydrogen) atoms. The Kier molecular flexibility index (Phi) is 6.02. The Hall–Kier alpha value is -2.41. The van der Waals surface area contributed by atoms with Gasteiger partial charge in [0.15, 0.2) is 0 Å². The van der Waals surface area contributed by atoms with E-state index in [1.807, 2.05) is 23.1 Å². The summed E-state index contributed by atoms with van der Waals surface area (Å²) in [5.74, 6) is -0.282. The number of amides is 1. The van der Waals surface area contributed by atoms with Crippen molar-refractivity contribution in [2.75, 3.05) is 29.0 Å². The summed E-state index contributed by atoms with van der Waals surface area (Å²) in [6.07, 6.45) is -2.62. The van der Waals surface area contributed by atoms with Gasteiger partial charge in [0.25, 0.3) is 0 Å². The van der Waals surface area contributed by atoms with Crippen LogP contribution in [0.1, 0.15) is 17.5 Å². The van der Waals surface area contributed by atoms with Crippen LogP contribution in [-0.4, -0.2) is 19.0 Å². The summed E-state index contributed by atoms with van der Waals surface area (Å²) in [5.41, 5.74) is 8.27. The second-order valence-corrected chi connectivity index (χ2v) is 5.99. The summed E-state index contributed by atoms with van der Waals surface area (Å²) in [5, 5.41) is 2.63. The maximum atomic E-state index is 12.6. The van der Waals surface area contributed by atoms with E-state index in [2.05, 4.69) is 5.32 Å². The molecule has 0 atom stereocenters. The summed E-state index contributed by atoms with van der Waals surface area (Å²) in [6, 6.07) is 10.0. The van der Waals surface area contributed by atoms with Crippen molar-refractivity contribution in [3.63, 3.8) is 0 Å². The molecule has 0 bridgehead atoms. The molecule has 140 valence electrons. The van der Waals surface area contributed by atoms with Crippen LogP contribution >= 0.6 is 12.4 Å². The SMILES string of the molecule is Cl.Nc1cccc2c1CCCN2CC(=O)Nc1ccc(C(F)(F)F)cc1. The van der Waals surface area contributed by atoms with E-state index in [4.69, 9.17) is 5.73 Å². The van der Waals surface area contributed by atoms with Gasteiger partial charge in [0.1, 0.15) is 0 Å². The third-order valence-corrected chi connectivity index (χ3v) is 4.21. The highest BCUT2D eigenvalue weighted by molar-refractivity contribution is 5.94. The Morgan fingerprint density at radius 1 is 1.15 bits per heavy atom. The summed E-state index contributed by atoms with van der Waals surface area (Å²) >= 11 is 0. The molecule has 0 unspecified atom stereocenters. The average molecular weight is 386 g/mol. The average Bonchev–Trinajstić information content (AvgIpc) is 2.55. The molecule has 1 heterocycles. The monoisotopic (exact) mass is 385 g/mol. The number of carbonyl (C=O) groups is 1. The Balaban J connectivity index is 0.00000243. The van der Waals surface area contributed by atoms with Crippen LogP contribution in [0.5, 0.6) is 0 Å². The van der Waals surface area contributed by atoms with Crippen LogP contribution in [0.25, 0.3) is 0 Å². The fourth-order valence-corrected chi connectivity index (χ4v) is 3.01. The molecule has 3 N–H and O–H groups in total. The van der Waals surface area contributed by atoms with Crippen LogP contribution in [0.15, 0.2) is 42.5 Å². The fraction of sp³-hybridized carbons (Fsp3) is 0.278. The number of nitrogens with zero attached hydrogens (tertiary/aromatic N) is 1. The van der Waals surface area contributed by atoms with Gasteiger partial charge in [-0.3, -0.25) is 4.79 Å². The predicted molar refractivity (Wildman–Crippen MR) is 98.7 cm³/mol. The van der Waals surface area contributed by atoms with Gasteiger partial charge in [-0.2, -0.15) is 13.2 Å². The molecule has 0 fully saturated rings. The zero-order chi connectivity index (χ0) is 18.0. The van der Waals surface area contributed by atoms with Gasteiger partial charge in [0, 0.05) is 23.6 Å². The van der Waals surface area contributed by atoms with Gasteiger partial charge in [-0.15, -0.1) is 12.4 Å². The third kappa shape index (κ3) is 4.40. The maximum Gasteiger partial charge on any atom is 0.416 e. The standard InChI is InChI=1S/C18H18F3N3O.ClH/c19-18(20,21)12-6-8-13(9-7-12)23-17(25)11-24-10-2-3-14-15(22)4-1-5-16(14)24;/h1,4-9H,2-3,10-11,22H2,(H,23,25);1H. The Bertz CT molecular complexity index is 778. The molecule has 2 aromatic carbocycles. The van der Waals surface area contributed by atoms with Crippen molar-refractivity contribution in [2.24, 2.45) is 0 Å². The number of alkyl halides is 3. The number of benzene rings is 2. The van der Waals surface area contributed by atoms with Crippen LogP contribution in [0.4, 0.5) is 30.2 Å². The highest BCUT2D eigenvalue weighted by atomic mass is 35.5. The zero-order valence-corrected chi connectivity index (χ0v) is 14.7. The maximum absolute atomic E-state index is 12.6. The number of rotatable bonds is 3. The van der Waals surface area contributed by atoms with E-state index in [0.717, 1.165) is 42.8 Å². The van der Waals surface area contributed by atoms with Crippen LogP contribution in [0.3, 0.4) is 0 Å². The van der Waals surface area contributed by atoms with Crippen LogP contribution in [0.2, 0.25) is 0 Å². The Labute approximate surface area is 155 Å². The van der Waals surface area contributed by atoms with Crippen molar-refractivity contribution < 1.29 is 18.0 Å². The topological polar surface area (TPSA) is 58.4 Å². The Morgan fingerprint density at radius 3 is 2.50 bits per heavy atom. The van der Waals surface area contributed by atoms with Crippen molar-refractivity contribution in [2.45, 2.75) is 19.0 Å². The first-order chi connectivity index (χ1) is 11.8. The minimum Gasteiger partial charge on any atom is -0.398 e. The minimum atomic E-state index is -4.39. The molecule has 0 saturated heterocycles. The van der Waals surface area contributed by atoms with Crippen LogP contribution in [-0.2, 0) is 17.4 Å². The first-order valence-electron chi connectivity index (χ1n) is 7.94. The lowest BCUT2D eigenvalue weighted by Gasteiger charge is -2.31. The number of hydrogen-bond donors (Lipinski definition) is 2. The smallest absolute Gasteiger partial charge is 0.398 e. The van der Waals surface area contributed by atoms with Crippen molar-refractivity contribution in [1.82, 2.24) is 0 Å². The predicted octanol–water partition coefficient (Wildman–Crippen LogP) is 4.10. The van der Waals surface area contributed by atoms with E-state index in [1.54, 1.807) is 0 Å². The van der Waals surface area contributed by atoms with Gasteiger partial charge >= 0.3 is 6.18 Å². The van der Waals surface area contributed by atoms with Gasteiger partial charge < -0.3 is 16.0 Å². The number of nitrogens with two attached hydrogens (primary N) is 1. The molecular formula is C18H19ClF3N3O. The van der Waals surface area contributed by atoms with E-state index in [0.29, 0.717) is 11.4 Å². The second kappa shape index (κ2) is 7.86. The van der Waals surface area contributed by atoms with E-state index in [1.165, 1.54) is 12.1 Å². The molecule has 0 aromatic heterocycles. The lowest BCUT2D eigenvalue weighted by Crippen LogP contribution is -2.37. The molecular weight excluding hydrogens is 367 g/mol. The van der Waals surface area contributed by atoms with Gasteiger partial charge in [-0.25, -0.2) is 0 Å². The van der Waals surface area contributed by atoms with Gasteiger partial charge in [0.2, 0.25) is 5.91 Å². The van der Waals surface area contributed by atoms with Gasteiger partial charge in [-0.05, 0) is 54.8 Å². The number of nitrogens with one attached hydrogen (secondary N) is 1. The lowest BCUT2D eigenvalue weighted by molar-refractivity contribution is -0.137. The lowest BCUT2D eigenvalue weighted by atomic mass is 10.00. The summed E-state index contributed by atoms with van der Waals surface area (Å²) in [4.78, 5) is 14.2. The Morgan fingerprint density at radius 2 is 1.85 bits per heavy atom. The van der Waals surface area contributed by atoms with Gasteiger partial charge in [0.05, 0.1) is 12.1 Å². The van der Waals surface area contributed by atoms with Crippen molar-refractivity contribution in [1.29, 1.82) is 0 Å².